The Hall–Kier alpha value is -0.610. The van der Waals surface area contributed by atoms with Crippen LogP contribution in [0.1, 0.15) is 60.8 Å². The zero-order valence-electron chi connectivity index (χ0n) is 14.3. The topological polar surface area (TPSA) is 47.6 Å². The molecular formula is C16H33NO3. The summed E-state index contributed by atoms with van der Waals surface area (Å²) in [6.45, 7) is 14.0. The van der Waals surface area contributed by atoms with Crippen LogP contribution in [-0.4, -0.2) is 37.9 Å². The van der Waals surface area contributed by atoms with Gasteiger partial charge in [0.05, 0.1) is 7.11 Å². The monoisotopic (exact) mass is 287 g/mol. The minimum atomic E-state index is -0.629. The summed E-state index contributed by atoms with van der Waals surface area (Å²) in [7, 11) is 1.43. The zero-order chi connectivity index (χ0) is 15.8. The van der Waals surface area contributed by atoms with Crippen LogP contribution in [0.2, 0.25) is 0 Å². The highest BCUT2D eigenvalue weighted by molar-refractivity contribution is 5.80. The van der Waals surface area contributed by atoms with Crippen LogP contribution >= 0.6 is 0 Å². The lowest BCUT2D eigenvalue weighted by Gasteiger charge is -2.30. The summed E-state index contributed by atoms with van der Waals surface area (Å²) in [5.41, 5.74) is -0.323. The van der Waals surface area contributed by atoms with Crippen LogP contribution in [0.5, 0.6) is 0 Å². The van der Waals surface area contributed by atoms with Crippen LogP contribution in [0.4, 0.5) is 0 Å². The number of carbonyl (C=O) groups is 1. The van der Waals surface area contributed by atoms with Crippen molar-refractivity contribution in [3.8, 4) is 0 Å². The van der Waals surface area contributed by atoms with E-state index in [9.17, 15) is 4.79 Å². The molecule has 20 heavy (non-hydrogen) atoms. The molecule has 0 bridgehead atoms. The Morgan fingerprint density at radius 2 is 1.70 bits per heavy atom. The second-order valence-corrected chi connectivity index (χ2v) is 7.15. The SMILES string of the molecule is COC(=O)C(C)(CCCOCCC(C)(C)C)NC(C)C. The van der Waals surface area contributed by atoms with Gasteiger partial charge in [-0.2, -0.15) is 0 Å². The second kappa shape index (κ2) is 8.63. The molecule has 0 heterocycles. The van der Waals surface area contributed by atoms with Crippen LogP contribution in [0, 0.1) is 5.41 Å². The maximum Gasteiger partial charge on any atom is 0.325 e. The van der Waals surface area contributed by atoms with Crippen molar-refractivity contribution in [2.45, 2.75) is 72.4 Å². The van der Waals surface area contributed by atoms with Gasteiger partial charge in [-0.3, -0.25) is 10.1 Å². The fourth-order valence-electron chi connectivity index (χ4n) is 2.10. The molecule has 0 saturated carbocycles. The summed E-state index contributed by atoms with van der Waals surface area (Å²) < 4.78 is 10.5. The number of hydrogen-bond acceptors (Lipinski definition) is 4. The molecule has 0 aromatic carbocycles. The molecule has 0 fully saturated rings. The Kier molecular flexibility index (Phi) is 8.36. The number of nitrogens with one attached hydrogen (secondary N) is 1. The van der Waals surface area contributed by atoms with E-state index in [2.05, 4.69) is 26.1 Å². The van der Waals surface area contributed by atoms with Crippen LogP contribution in [-0.2, 0) is 14.3 Å². The molecule has 0 spiro atoms. The Labute approximate surface area is 124 Å². The van der Waals surface area contributed by atoms with Gasteiger partial charge in [0.1, 0.15) is 5.54 Å². The van der Waals surface area contributed by atoms with Crippen molar-refractivity contribution < 1.29 is 14.3 Å². The van der Waals surface area contributed by atoms with E-state index < -0.39 is 5.54 Å². The standard InChI is InChI=1S/C16H33NO3/c1-13(2)17-16(6,14(18)19-7)9-8-11-20-12-10-15(3,4)5/h13,17H,8-12H2,1-7H3. The van der Waals surface area contributed by atoms with E-state index in [0.717, 1.165) is 19.4 Å². The van der Waals surface area contributed by atoms with Gasteiger partial charge in [0.25, 0.3) is 0 Å². The van der Waals surface area contributed by atoms with Gasteiger partial charge in [0.2, 0.25) is 0 Å². The van der Waals surface area contributed by atoms with Gasteiger partial charge in [-0.25, -0.2) is 0 Å². The van der Waals surface area contributed by atoms with E-state index in [-0.39, 0.29) is 12.0 Å². The van der Waals surface area contributed by atoms with Gasteiger partial charge in [0, 0.05) is 19.3 Å². The number of carbonyl (C=O) groups excluding carboxylic acids is 1. The molecular weight excluding hydrogens is 254 g/mol. The van der Waals surface area contributed by atoms with Crippen LogP contribution in [0.3, 0.4) is 0 Å². The van der Waals surface area contributed by atoms with E-state index in [4.69, 9.17) is 9.47 Å². The van der Waals surface area contributed by atoms with E-state index in [1.54, 1.807) is 0 Å². The highest BCUT2D eigenvalue weighted by atomic mass is 16.5. The maximum absolute atomic E-state index is 11.9. The number of hydrogen-bond donors (Lipinski definition) is 1. The van der Waals surface area contributed by atoms with Crippen LogP contribution in [0.25, 0.3) is 0 Å². The minimum Gasteiger partial charge on any atom is -0.468 e. The van der Waals surface area contributed by atoms with Crippen LogP contribution < -0.4 is 5.32 Å². The molecule has 0 amide bonds. The third kappa shape index (κ3) is 8.54. The fourth-order valence-corrected chi connectivity index (χ4v) is 2.10. The quantitative estimate of drug-likeness (QED) is 0.523. The van der Waals surface area contributed by atoms with Crippen molar-refractivity contribution in [3.63, 3.8) is 0 Å². The molecule has 1 N–H and O–H groups in total. The first kappa shape index (κ1) is 19.4. The predicted octanol–water partition coefficient (Wildman–Crippen LogP) is 3.15. The average Bonchev–Trinajstić information content (AvgIpc) is 2.30. The van der Waals surface area contributed by atoms with Gasteiger partial charge in [-0.1, -0.05) is 20.8 Å². The lowest BCUT2D eigenvalue weighted by molar-refractivity contribution is -0.148. The lowest BCUT2D eigenvalue weighted by atomic mass is 9.93. The van der Waals surface area contributed by atoms with Gasteiger partial charge in [0.15, 0.2) is 0 Å². The molecule has 0 aromatic heterocycles. The fraction of sp³-hybridized carbons (Fsp3) is 0.938. The normalized spacial score (nSPS) is 15.2. The molecule has 0 saturated heterocycles. The molecule has 4 heteroatoms. The van der Waals surface area contributed by atoms with Gasteiger partial charge in [-0.15, -0.1) is 0 Å². The number of ether oxygens (including phenoxy) is 2. The molecule has 0 radical (unpaired) electrons. The molecule has 1 unspecified atom stereocenters. The second-order valence-electron chi connectivity index (χ2n) is 7.15. The van der Waals surface area contributed by atoms with Gasteiger partial charge < -0.3 is 9.47 Å². The average molecular weight is 287 g/mol. The van der Waals surface area contributed by atoms with E-state index in [1.807, 2.05) is 20.8 Å². The molecule has 1 atom stereocenters. The zero-order valence-corrected chi connectivity index (χ0v) is 14.3. The molecule has 0 aromatic rings. The summed E-state index contributed by atoms with van der Waals surface area (Å²) in [6, 6.07) is 0.237. The molecule has 0 aliphatic heterocycles. The molecule has 0 rings (SSSR count). The largest absolute Gasteiger partial charge is 0.468 e. The summed E-state index contributed by atoms with van der Waals surface area (Å²) in [4.78, 5) is 11.9. The van der Waals surface area contributed by atoms with Crippen molar-refractivity contribution in [1.82, 2.24) is 5.32 Å². The molecule has 0 aliphatic rings. The Balaban J connectivity index is 4.06. The van der Waals surface area contributed by atoms with Crippen LogP contribution in [0.15, 0.2) is 0 Å². The van der Waals surface area contributed by atoms with Gasteiger partial charge in [-0.05, 0) is 45.4 Å². The first-order chi connectivity index (χ1) is 9.10. The number of rotatable bonds is 9. The summed E-state index contributed by atoms with van der Waals surface area (Å²) in [6.07, 6.45) is 2.61. The first-order valence-electron chi connectivity index (χ1n) is 7.54. The molecule has 0 aliphatic carbocycles. The predicted molar refractivity (Wildman–Crippen MR) is 82.8 cm³/mol. The van der Waals surface area contributed by atoms with Crippen molar-refractivity contribution in [2.75, 3.05) is 20.3 Å². The molecule has 120 valence electrons. The highest BCUT2D eigenvalue weighted by Gasteiger charge is 2.34. The Morgan fingerprint density at radius 3 is 2.15 bits per heavy atom. The lowest BCUT2D eigenvalue weighted by Crippen LogP contribution is -2.53. The first-order valence-corrected chi connectivity index (χ1v) is 7.54. The Morgan fingerprint density at radius 1 is 1.10 bits per heavy atom. The Bertz CT molecular complexity index is 284. The van der Waals surface area contributed by atoms with E-state index >= 15 is 0 Å². The summed E-state index contributed by atoms with van der Waals surface area (Å²) in [5, 5.41) is 3.29. The summed E-state index contributed by atoms with van der Waals surface area (Å²) in [5.74, 6) is -0.208. The van der Waals surface area contributed by atoms with E-state index in [1.165, 1.54) is 7.11 Å². The van der Waals surface area contributed by atoms with E-state index in [0.29, 0.717) is 18.4 Å². The summed E-state index contributed by atoms with van der Waals surface area (Å²) >= 11 is 0. The molecule has 4 nitrogen and oxygen atoms in total. The van der Waals surface area contributed by atoms with Crippen molar-refractivity contribution >= 4 is 5.97 Å². The number of methoxy groups -OCH3 is 1. The van der Waals surface area contributed by atoms with Crippen molar-refractivity contribution in [2.24, 2.45) is 5.41 Å². The third-order valence-electron chi connectivity index (χ3n) is 3.21. The third-order valence-corrected chi connectivity index (χ3v) is 3.21. The number of esters is 1. The smallest absolute Gasteiger partial charge is 0.325 e. The maximum atomic E-state index is 11.9. The minimum absolute atomic E-state index is 0.208. The highest BCUT2D eigenvalue weighted by Crippen LogP contribution is 2.19. The van der Waals surface area contributed by atoms with Gasteiger partial charge >= 0.3 is 5.97 Å². The van der Waals surface area contributed by atoms with Crippen molar-refractivity contribution in [3.05, 3.63) is 0 Å². The van der Waals surface area contributed by atoms with Crippen molar-refractivity contribution in [1.29, 1.82) is 0 Å².